The third-order valence-corrected chi connectivity index (χ3v) is 0.671. The van der Waals surface area contributed by atoms with Crippen molar-refractivity contribution in [3.63, 3.8) is 0 Å². The van der Waals surface area contributed by atoms with E-state index in [1.807, 2.05) is 0 Å². The molecule has 0 aliphatic heterocycles. The molecule has 0 spiro atoms. The molecule has 0 aliphatic carbocycles. The number of hydrogen-bond acceptors (Lipinski definition) is 0. The van der Waals surface area contributed by atoms with Crippen LogP contribution in [0.5, 0.6) is 0 Å². The molecule has 1 aromatic carbocycles. The zero-order valence-corrected chi connectivity index (χ0v) is 3.69. The Labute approximate surface area is 43.0 Å². The molecule has 0 unspecified atom stereocenters. The number of hydrogen-bond donors (Lipinski definition) is 0. The Hall–Kier alpha value is -0.850. The molecule has 0 saturated carbocycles. The summed E-state index contributed by atoms with van der Waals surface area (Å²) in [7, 11) is 0. The van der Waals surface area contributed by atoms with Gasteiger partial charge in [0.05, 0.1) is 1.37 Å². The van der Waals surface area contributed by atoms with Gasteiger partial charge in [0, 0.05) is 0 Å². The van der Waals surface area contributed by atoms with Crippen molar-refractivity contribution >= 4 is 0 Å². The summed E-state index contributed by atoms with van der Waals surface area (Å²) in [6.45, 7) is 0. The fraction of sp³-hybridized carbons (Fsp3) is 0. The highest BCUT2D eigenvalue weighted by molar-refractivity contribution is 5.02. The van der Waals surface area contributed by atoms with E-state index in [-0.39, 0.29) is 6.04 Å². The van der Waals surface area contributed by atoms with Gasteiger partial charge in [-0.3, -0.25) is 0 Å². The maximum Gasteiger partial charge on any atom is 0.123 e. The van der Waals surface area contributed by atoms with E-state index >= 15 is 0 Å². The minimum Gasteiger partial charge on any atom is -0.207 e. The summed E-state index contributed by atoms with van der Waals surface area (Å²) in [5, 5.41) is 0. The highest BCUT2D eigenvalue weighted by Gasteiger charge is 1.77. The van der Waals surface area contributed by atoms with Gasteiger partial charge >= 0.3 is 0 Å². The van der Waals surface area contributed by atoms with Gasteiger partial charge in [-0.1, -0.05) is 18.2 Å². The Morgan fingerprint density at radius 1 is 1.43 bits per heavy atom. The van der Waals surface area contributed by atoms with Crippen molar-refractivity contribution in [2.24, 2.45) is 0 Å². The second-order valence-electron chi connectivity index (χ2n) is 1.21. The number of halogens is 1. The van der Waals surface area contributed by atoms with Gasteiger partial charge in [0.15, 0.2) is 0 Å². The summed E-state index contributed by atoms with van der Waals surface area (Å²) < 4.78 is 19.0. The molecule has 0 nitrogen and oxygen atoms in total. The number of benzene rings is 1. The van der Waals surface area contributed by atoms with Crippen LogP contribution in [0.3, 0.4) is 0 Å². The first-order chi connectivity index (χ1) is 3.80. The SMILES string of the molecule is [2H]c1ccccc1F. The van der Waals surface area contributed by atoms with E-state index in [0.29, 0.717) is 0 Å². The van der Waals surface area contributed by atoms with Crippen LogP contribution < -0.4 is 0 Å². The van der Waals surface area contributed by atoms with Crippen LogP contribution >= 0.6 is 0 Å². The standard InChI is InChI=1S/C6H5F/c7-6-4-2-1-3-5-6/h1-5H/i4D. The molecule has 7 heavy (non-hydrogen) atoms. The average molecular weight is 97.1 g/mol. The molecule has 0 amide bonds. The Morgan fingerprint density at radius 2 is 2.29 bits per heavy atom. The van der Waals surface area contributed by atoms with E-state index in [2.05, 4.69) is 0 Å². The lowest BCUT2D eigenvalue weighted by Crippen LogP contribution is -1.63. The molecule has 0 bridgehead atoms. The molecule has 0 radical (unpaired) electrons. The maximum absolute atomic E-state index is 12.1. The Kier molecular flexibility index (Phi) is 0.791. The molecule has 0 fully saturated rings. The highest BCUT2D eigenvalue weighted by atomic mass is 19.1. The zero-order valence-electron chi connectivity index (χ0n) is 4.69. The van der Waals surface area contributed by atoms with Gasteiger partial charge in [-0.05, 0) is 12.1 Å². The highest BCUT2D eigenvalue weighted by Crippen LogP contribution is 1.91. The largest absolute Gasteiger partial charge is 0.207 e. The van der Waals surface area contributed by atoms with Gasteiger partial charge < -0.3 is 0 Å². The molecule has 0 aromatic heterocycles. The van der Waals surface area contributed by atoms with Crippen LogP contribution in [-0.2, 0) is 0 Å². The lowest BCUT2D eigenvalue weighted by molar-refractivity contribution is 0.628. The minimum absolute atomic E-state index is 0.0486. The lowest BCUT2D eigenvalue weighted by atomic mass is 10.4. The van der Waals surface area contributed by atoms with Crippen molar-refractivity contribution in [1.29, 1.82) is 0 Å². The fourth-order valence-electron chi connectivity index (χ4n) is 0.371. The molecule has 1 aromatic rings. The summed E-state index contributed by atoms with van der Waals surface area (Å²) in [4.78, 5) is 0. The smallest absolute Gasteiger partial charge is 0.123 e. The summed E-state index contributed by atoms with van der Waals surface area (Å²) >= 11 is 0. The second kappa shape index (κ2) is 1.73. The van der Waals surface area contributed by atoms with E-state index in [0.717, 1.165) is 0 Å². The van der Waals surface area contributed by atoms with Crippen molar-refractivity contribution in [3.05, 3.63) is 36.1 Å². The van der Waals surface area contributed by atoms with Crippen molar-refractivity contribution in [3.8, 4) is 0 Å². The van der Waals surface area contributed by atoms with E-state index in [1.54, 1.807) is 12.1 Å². The third kappa shape index (κ3) is 1.000. The molecule has 1 rings (SSSR count). The molecule has 0 atom stereocenters. The lowest BCUT2D eigenvalue weighted by Gasteiger charge is -1.78. The van der Waals surface area contributed by atoms with Crippen LogP contribution in [0.25, 0.3) is 0 Å². The van der Waals surface area contributed by atoms with Gasteiger partial charge in [-0.15, -0.1) is 0 Å². The molecule has 1 heteroatoms. The van der Waals surface area contributed by atoms with E-state index in [4.69, 9.17) is 1.37 Å². The van der Waals surface area contributed by atoms with Crippen LogP contribution in [0, 0.1) is 5.82 Å². The minimum atomic E-state index is -0.465. The molecule has 0 saturated heterocycles. The topological polar surface area (TPSA) is 0 Å². The molecule has 0 heterocycles. The van der Waals surface area contributed by atoms with Gasteiger partial charge in [0.1, 0.15) is 5.82 Å². The van der Waals surface area contributed by atoms with Crippen molar-refractivity contribution < 1.29 is 5.76 Å². The predicted molar refractivity (Wildman–Crippen MR) is 26.4 cm³/mol. The first kappa shape index (κ1) is 3.19. The van der Waals surface area contributed by atoms with Crippen LogP contribution in [0.1, 0.15) is 1.37 Å². The Balaban J connectivity index is 3.13. The monoisotopic (exact) mass is 97.0 g/mol. The first-order valence-corrected chi connectivity index (χ1v) is 2.02. The Bertz CT molecular complexity index is 165. The summed E-state index contributed by atoms with van der Waals surface area (Å²) in [6, 6.07) is 5.82. The van der Waals surface area contributed by atoms with E-state index in [9.17, 15) is 4.39 Å². The molecule has 0 N–H and O–H groups in total. The molecular weight excluding hydrogens is 91.1 g/mol. The summed E-state index contributed by atoms with van der Waals surface area (Å²) in [5.74, 6) is -0.465. The average Bonchev–Trinajstić information content (AvgIpc) is 1.77. The maximum atomic E-state index is 12.1. The zero-order chi connectivity index (χ0) is 5.98. The molecule has 36 valence electrons. The molecule has 0 aliphatic rings. The quantitative estimate of drug-likeness (QED) is 0.463. The van der Waals surface area contributed by atoms with Crippen molar-refractivity contribution in [1.82, 2.24) is 0 Å². The van der Waals surface area contributed by atoms with Crippen LogP contribution in [0.15, 0.2) is 30.3 Å². The third-order valence-electron chi connectivity index (χ3n) is 0.671. The summed E-state index contributed by atoms with van der Waals surface area (Å²) in [5.41, 5.74) is 0. The van der Waals surface area contributed by atoms with Crippen LogP contribution in [0.2, 0.25) is 0 Å². The fourth-order valence-corrected chi connectivity index (χ4v) is 0.371. The number of rotatable bonds is 0. The summed E-state index contributed by atoms with van der Waals surface area (Å²) in [6.07, 6.45) is 0. The van der Waals surface area contributed by atoms with Crippen molar-refractivity contribution in [2.45, 2.75) is 0 Å². The van der Waals surface area contributed by atoms with Gasteiger partial charge in [0.2, 0.25) is 0 Å². The van der Waals surface area contributed by atoms with Crippen LogP contribution in [0.4, 0.5) is 4.39 Å². The first-order valence-electron chi connectivity index (χ1n) is 2.52. The van der Waals surface area contributed by atoms with E-state index in [1.165, 1.54) is 12.1 Å². The molecular formula is C6H5F. The van der Waals surface area contributed by atoms with Crippen LogP contribution in [-0.4, -0.2) is 0 Å². The second-order valence-corrected chi connectivity index (χ2v) is 1.21. The predicted octanol–water partition coefficient (Wildman–Crippen LogP) is 1.83. The Morgan fingerprint density at radius 3 is 2.71 bits per heavy atom. The van der Waals surface area contributed by atoms with Gasteiger partial charge in [-0.25, -0.2) is 4.39 Å². The van der Waals surface area contributed by atoms with E-state index < -0.39 is 5.82 Å². The van der Waals surface area contributed by atoms with Gasteiger partial charge in [-0.2, -0.15) is 0 Å². The van der Waals surface area contributed by atoms with Crippen molar-refractivity contribution in [2.75, 3.05) is 0 Å². The normalized spacial score (nSPS) is 10.7. The van der Waals surface area contributed by atoms with Gasteiger partial charge in [0.25, 0.3) is 0 Å².